The zero-order chi connectivity index (χ0) is 9.59. The van der Waals surface area contributed by atoms with Gasteiger partial charge in [-0.15, -0.1) is 0 Å². The first kappa shape index (κ1) is 8.65. The summed E-state index contributed by atoms with van der Waals surface area (Å²) >= 11 is 6.57. The van der Waals surface area contributed by atoms with Crippen molar-refractivity contribution >= 4 is 34.3 Å². The zero-order valence-electron chi connectivity index (χ0n) is 7.27. The number of thiazole rings is 1. The normalized spacial score (nSPS) is 13.7. The highest BCUT2D eigenvalue weighted by atomic mass is 32.1. The van der Waals surface area contributed by atoms with Gasteiger partial charge in [-0.3, -0.25) is 0 Å². The highest BCUT2D eigenvalue weighted by Crippen LogP contribution is 2.05. The van der Waals surface area contributed by atoms with Crippen LogP contribution in [0.15, 0.2) is 12.4 Å². The monoisotopic (exact) mass is 212 g/mol. The van der Waals surface area contributed by atoms with E-state index in [9.17, 15) is 5.11 Å². The lowest BCUT2D eigenvalue weighted by atomic mass is 10.5. The minimum Gasteiger partial charge on any atom is -0.873 e. The Kier molecular flexibility index (Phi) is 1.85. The first-order chi connectivity index (χ1) is 6.11. The number of aryl methyl sites for hydroxylation is 1. The maximum Gasteiger partial charge on any atom is 0.347 e. The molecular weight excluding hydrogens is 204 g/mol. The van der Waals surface area contributed by atoms with Crippen LogP contribution in [0.3, 0.4) is 0 Å². The molecule has 2 aromatic heterocycles. The van der Waals surface area contributed by atoms with Gasteiger partial charge < -0.3 is 5.11 Å². The summed E-state index contributed by atoms with van der Waals surface area (Å²) in [7, 11) is 1.94. The van der Waals surface area contributed by atoms with Crippen molar-refractivity contribution in [3.8, 4) is 0 Å². The first-order valence-corrected chi connectivity index (χ1v) is 5.01. The maximum absolute atomic E-state index is 11.3. The van der Waals surface area contributed by atoms with Crippen molar-refractivity contribution in [2.24, 2.45) is 7.05 Å². The molecule has 0 atom stereocenters. The molecule has 0 fully saturated rings. The molecule has 0 bridgehead atoms. The molecule has 2 rings (SSSR count). The largest absolute Gasteiger partial charge is 0.873 e. The van der Waals surface area contributed by atoms with Crippen LogP contribution in [-0.4, -0.2) is 4.40 Å². The van der Waals surface area contributed by atoms with Crippen molar-refractivity contribution in [1.29, 1.82) is 0 Å². The molecule has 68 valence electrons. The number of hydrogen-bond donors (Lipinski definition) is 0. The van der Waals surface area contributed by atoms with Gasteiger partial charge in [-0.1, -0.05) is 24.9 Å². The molecular formula is C8H8N2OS2. The Morgan fingerprint density at radius 1 is 1.69 bits per heavy atom. The molecule has 0 aliphatic carbocycles. The highest BCUT2D eigenvalue weighted by molar-refractivity contribution is 7.73. The van der Waals surface area contributed by atoms with Gasteiger partial charge in [-0.2, -0.15) is 4.40 Å². The van der Waals surface area contributed by atoms with Crippen LogP contribution in [0, 0.1) is 3.82 Å². The highest BCUT2D eigenvalue weighted by Gasteiger charge is 2.11. The fourth-order valence-electron chi connectivity index (χ4n) is 1.30. The van der Waals surface area contributed by atoms with E-state index in [1.807, 2.05) is 28.4 Å². The predicted molar refractivity (Wildman–Crippen MR) is 51.6 cm³/mol. The van der Waals surface area contributed by atoms with Gasteiger partial charge in [0.15, 0.2) is 0 Å². The van der Waals surface area contributed by atoms with Gasteiger partial charge in [-0.25, -0.2) is 4.57 Å². The predicted octanol–water partition coefficient (Wildman–Crippen LogP) is -0.238. The number of rotatable bonds is 0. The standard InChI is InChI=1S/C8H8N2OS2/c1-5(11)6-7(12)13-8-9(2)3-4-10(6)8/h3-4H,1-2H3. The third-order valence-electron chi connectivity index (χ3n) is 1.90. The summed E-state index contributed by atoms with van der Waals surface area (Å²) in [5.74, 6) is 0.0208. The van der Waals surface area contributed by atoms with Crippen LogP contribution < -0.4 is 15.0 Å². The molecule has 0 N–H and O–H groups in total. The Labute approximate surface area is 84.2 Å². The smallest absolute Gasteiger partial charge is 0.347 e. The van der Waals surface area contributed by atoms with Crippen molar-refractivity contribution in [2.45, 2.75) is 6.92 Å². The van der Waals surface area contributed by atoms with E-state index >= 15 is 0 Å². The fraction of sp³-hybridized carbons (Fsp3) is 0.250. The van der Waals surface area contributed by atoms with Crippen LogP contribution in [0.1, 0.15) is 6.92 Å². The van der Waals surface area contributed by atoms with Gasteiger partial charge >= 0.3 is 4.96 Å². The molecule has 0 aromatic carbocycles. The third-order valence-corrected chi connectivity index (χ3v) is 3.39. The Bertz CT molecular complexity index is 563. The third kappa shape index (κ3) is 1.15. The molecule has 0 aliphatic rings. The van der Waals surface area contributed by atoms with Gasteiger partial charge in [0.1, 0.15) is 21.6 Å². The van der Waals surface area contributed by atoms with Gasteiger partial charge in [0, 0.05) is 0 Å². The lowest BCUT2D eigenvalue weighted by Gasteiger charge is -1.96. The minimum absolute atomic E-state index is 0.0208. The number of nitrogens with zero attached hydrogens (tertiary/aromatic N) is 2. The van der Waals surface area contributed by atoms with E-state index in [0.29, 0.717) is 9.17 Å². The van der Waals surface area contributed by atoms with Crippen molar-refractivity contribution in [1.82, 2.24) is 4.40 Å². The van der Waals surface area contributed by atoms with E-state index in [1.54, 1.807) is 0 Å². The van der Waals surface area contributed by atoms with Crippen molar-refractivity contribution in [3.63, 3.8) is 0 Å². The minimum atomic E-state index is 0.0208. The van der Waals surface area contributed by atoms with Crippen LogP contribution in [0.2, 0.25) is 0 Å². The first-order valence-electron chi connectivity index (χ1n) is 3.78. The summed E-state index contributed by atoms with van der Waals surface area (Å²) < 4.78 is 4.46. The van der Waals surface area contributed by atoms with Gasteiger partial charge in [-0.05, 0) is 11.3 Å². The molecule has 0 radical (unpaired) electrons. The molecule has 2 aromatic rings. The van der Waals surface area contributed by atoms with Crippen molar-refractivity contribution in [2.75, 3.05) is 0 Å². The fourth-order valence-corrected chi connectivity index (χ4v) is 2.72. The number of imidazole rings is 1. The quantitative estimate of drug-likeness (QED) is 0.446. The van der Waals surface area contributed by atoms with E-state index in [0.717, 1.165) is 4.96 Å². The molecule has 0 unspecified atom stereocenters. The Hall–Kier alpha value is -0.940. The lowest BCUT2D eigenvalue weighted by Crippen LogP contribution is -2.25. The Morgan fingerprint density at radius 2 is 2.38 bits per heavy atom. The molecule has 5 heteroatoms. The molecule has 0 spiro atoms. The summed E-state index contributed by atoms with van der Waals surface area (Å²) in [5.41, 5.74) is 0. The van der Waals surface area contributed by atoms with Crippen LogP contribution >= 0.6 is 23.6 Å². The lowest BCUT2D eigenvalue weighted by molar-refractivity contribution is -0.642. The summed E-state index contributed by atoms with van der Waals surface area (Å²) in [4.78, 5) is 0.996. The Balaban J connectivity index is 3.14. The molecule has 0 aliphatic heterocycles. The van der Waals surface area contributed by atoms with Crippen molar-refractivity contribution < 1.29 is 9.67 Å². The molecule has 3 nitrogen and oxygen atoms in total. The van der Waals surface area contributed by atoms with E-state index in [1.165, 1.54) is 18.3 Å². The summed E-state index contributed by atoms with van der Waals surface area (Å²) in [5, 5.41) is 11.9. The average molecular weight is 212 g/mol. The van der Waals surface area contributed by atoms with Gasteiger partial charge in [0.05, 0.1) is 7.05 Å². The number of hydrogen-bond acceptors (Lipinski definition) is 3. The van der Waals surface area contributed by atoms with Crippen LogP contribution in [0.4, 0.5) is 0 Å². The van der Waals surface area contributed by atoms with E-state index < -0.39 is 0 Å². The van der Waals surface area contributed by atoms with E-state index in [4.69, 9.17) is 12.2 Å². The molecule has 2 heterocycles. The number of fused-ring (bicyclic) bond motifs is 1. The van der Waals surface area contributed by atoms with Gasteiger partial charge in [0.25, 0.3) is 0 Å². The second-order valence-electron chi connectivity index (χ2n) is 2.86. The van der Waals surface area contributed by atoms with E-state index in [2.05, 4.69) is 0 Å². The number of aromatic nitrogens is 2. The maximum atomic E-state index is 11.3. The molecule has 0 saturated heterocycles. The average Bonchev–Trinajstić information content (AvgIpc) is 2.51. The summed E-state index contributed by atoms with van der Waals surface area (Å²) in [6.07, 6.45) is 3.77. The summed E-state index contributed by atoms with van der Waals surface area (Å²) in [6, 6.07) is 0. The molecule has 0 saturated carbocycles. The SMILES string of the molecule is C/C([O-])=c1\c(=S)sc2n1cc[n+]2C. The second kappa shape index (κ2) is 2.78. The van der Waals surface area contributed by atoms with E-state index in [-0.39, 0.29) is 5.76 Å². The Morgan fingerprint density at radius 3 is 3.00 bits per heavy atom. The van der Waals surface area contributed by atoms with Crippen LogP contribution in [0.25, 0.3) is 10.7 Å². The topological polar surface area (TPSA) is 31.3 Å². The molecule has 0 amide bonds. The summed E-state index contributed by atoms with van der Waals surface area (Å²) in [6.45, 7) is 1.54. The van der Waals surface area contributed by atoms with Crippen LogP contribution in [-0.2, 0) is 7.05 Å². The van der Waals surface area contributed by atoms with Gasteiger partial charge in [0.2, 0.25) is 0 Å². The molecule has 13 heavy (non-hydrogen) atoms. The van der Waals surface area contributed by atoms with Crippen molar-refractivity contribution in [3.05, 3.63) is 21.6 Å². The second-order valence-corrected chi connectivity index (χ2v) is 4.50. The van der Waals surface area contributed by atoms with Crippen LogP contribution in [0.5, 0.6) is 0 Å². The zero-order valence-corrected chi connectivity index (χ0v) is 8.91.